The van der Waals surface area contributed by atoms with Crippen LogP contribution in [0.4, 0.5) is 4.39 Å². The quantitative estimate of drug-likeness (QED) is 0.401. The third-order valence-corrected chi connectivity index (χ3v) is 5.50. The summed E-state index contributed by atoms with van der Waals surface area (Å²) in [7, 11) is 0. The number of nitrogens with zero attached hydrogens (tertiary/aromatic N) is 1. The topological polar surface area (TPSA) is 95.7 Å². The maximum atomic E-state index is 13.2. The number of aromatic nitrogens is 3. The average molecular weight is 463 g/mol. The van der Waals surface area contributed by atoms with Crippen molar-refractivity contribution in [3.63, 3.8) is 0 Å². The van der Waals surface area contributed by atoms with Gasteiger partial charge in [0.2, 0.25) is 0 Å². The van der Waals surface area contributed by atoms with Gasteiger partial charge in [-0.25, -0.2) is 4.39 Å². The van der Waals surface area contributed by atoms with Crippen molar-refractivity contribution >= 4 is 28.7 Å². The molecule has 0 saturated heterocycles. The van der Waals surface area contributed by atoms with E-state index in [2.05, 4.69) is 15.0 Å². The molecule has 0 amide bonds. The molecule has 0 aliphatic carbocycles. The Bertz CT molecular complexity index is 1820. The van der Waals surface area contributed by atoms with Gasteiger partial charge in [-0.2, -0.15) is 0 Å². The normalized spacial score (nSPS) is 12.3. The number of fused-ring (bicyclic) bond motifs is 1. The minimum atomic E-state index is -0.494. The fourth-order valence-electron chi connectivity index (χ4n) is 3.73. The maximum Gasteiger partial charge on any atom is 0.272 e. The van der Waals surface area contributed by atoms with Crippen LogP contribution >= 0.6 is 0 Å². The van der Waals surface area contributed by atoms with E-state index in [0.717, 1.165) is 10.8 Å². The molecule has 2 aromatic heterocycles. The molecule has 35 heavy (non-hydrogen) atoms. The molecule has 2 heterocycles. The molecule has 0 bridgehead atoms. The van der Waals surface area contributed by atoms with E-state index in [1.54, 1.807) is 30.5 Å². The fourth-order valence-corrected chi connectivity index (χ4v) is 3.73. The van der Waals surface area contributed by atoms with E-state index >= 15 is 0 Å². The summed E-state index contributed by atoms with van der Waals surface area (Å²) < 4.78 is 13.2. The zero-order valence-electron chi connectivity index (χ0n) is 18.3. The molecular weight excluding hydrogens is 445 g/mol. The molecule has 0 spiro atoms. The molecule has 0 aliphatic rings. The summed E-state index contributed by atoms with van der Waals surface area (Å²) >= 11 is 0. The van der Waals surface area contributed by atoms with Gasteiger partial charge in [0.05, 0.1) is 5.69 Å². The monoisotopic (exact) mass is 463 g/mol. The van der Waals surface area contributed by atoms with Gasteiger partial charge in [0.1, 0.15) is 16.5 Å². The summed E-state index contributed by atoms with van der Waals surface area (Å²) in [6, 6.07) is 21.4. The first-order valence-corrected chi connectivity index (χ1v) is 10.8. The third-order valence-electron chi connectivity index (χ3n) is 5.50. The van der Waals surface area contributed by atoms with E-state index in [1.165, 1.54) is 36.4 Å². The van der Waals surface area contributed by atoms with Gasteiger partial charge in [0.15, 0.2) is 5.78 Å². The smallest absolute Gasteiger partial charge is 0.272 e. The lowest BCUT2D eigenvalue weighted by Gasteiger charge is -2.03. The second-order valence-electron chi connectivity index (χ2n) is 7.94. The molecule has 0 atom stereocenters. The van der Waals surface area contributed by atoms with Crippen LogP contribution in [0.5, 0.6) is 0 Å². The molecule has 5 aromatic rings. The Kier molecular flexibility index (Phi) is 5.73. The SMILES string of the molecule is O=C(c1ccc(F)cc1)c1cccc(C=c2[nH]c(=O)c(=Cc3cc4ccccc4cn3)[nH]c2=O)c1. The number of carbonyl (C=O) groups excluding carboxylic acids is 1. The number of carbonyl (C=O) groups is 1. The van der Waals surface area contributed by atoms with E-state index < -0.39 is 16.9 Å². The van der Waals surface area contributed by atoms with Gasteiger partial charge in [0, 0.05) is 22.7 Å². The molecule has 6 nitrogen and oxygen atoms in total. The van der Waals surface area contributed by atoms with E-state index in [0.29, 0.717) is 22.4 Å². The molecule has 170 valence electrons. The molecule has 0 radical (unpaired) electrons. The number of hydrogen-bond donors (Lipinski definition) is 2. The Hall–Kier alpha value is -4.91. The van der Waals surface area contributed by atoms with Crippen LogP contribution in [0.3, 0.4) is 0 Å². The Balaban J connectivity index is 1.51. The number of benzene rings is 3. The Morgan fingerprint density at radius 1 is 0.743 bits per heavy atom. The molecule has 0 unspecified atom stereocenters. The van der Waals surface area contributed by atoms with Crippen molar-refractivity contribution < 1.29 is 9.18 Å². The fraction of sp³-hybridized carbons (Fsp3) is 0. The van der Waals surface area contributed by atoms with Crippen LogP contribution in [0.2, 0.25) is 0 Å². The van der Waals surface area contributed by atoms with Crippen molar-refractivity contribution in [2.45, 2.75) is 0 Å². The molecule has 5 rings (SSSR count). The maximum absolute atomic E-state index is 13.2. The van der Waals surface area contributed by atoms with Crippen molar-refractivity contribution in [2.24, 2.45) is 0 Å². The number of halogens is 1. The predicted octanol–water partition coefficient (Wildman–Crippen LogP) is 2.64. The number of aromatic amines is 2. The van der Waals surface area contributed by atoms with Crippen LogP contribution in [0.1, 0.15) is 27.2 Å². The summed E-state index contributed by atoms with van der Waals surface area (Å²) in [6.45, 7) is 0. The lowest BCUT2D eigenvalue weighted by molar-refractivity contribution is 0.103. The van der Waals surface area contributed by atoms with Gasteiger partial charge in [-0.05, 0) is 59.5 Å². The van der Waals surface area contributed by atoms with E-state index in [1.807, 2.05) is 30.3 Å². The largest absolute Gasteiger partial charge is 0.316 e. The van der Waals surface area contributed by atoms with Gasteiger partial charge >= 0.3 is 0 Å². The highest BCUT2D eigenvalue weighted by atomic mass is 19.1. The number of ketones is 1. The Labute approximate surface area is 197 Å². The summed E-state index contributed by atoms with van der Waals surface area (Å²) in [5.41, 5.74) is 0.824. The van der Waals surface area contributed by atoms with E-state index in [9.17, 15) is 18.8 Å². The lowest BCUT2D eigenvalue weighted by Crippen LogP contribution is -2.46. The first-order chi connectivity index (χ1) is 17.0. The molecular formula is C28H18FN3O3. The number of nitrogens with one attached hydrogen (secondary N) is 2. The van der Waals surface area contributed by atoms with Gasteiger partial charge in [-0.1, -0.05) is 42.5 Å². The number of pyridine rings is 1. The van der Waals surface area contributed by atoms with Crippen molar-refractivity contribution in [2.75, 3.05) is 0 Å². The Morgan fingerprint density at radius 3 is 2.17 bits per heavy atom. The van der Waals surface area contributed by atoms with Crippen molar-refractivity contribution in [1.29, 1.82) is 0 Å². The van der Waals surface area contributed by atoms with Gasteiger partial charge in [0.25, 0.3) is 11.1 Å². The van der Waals surface area contributed by atoms with Crippen molar-refractivity contribution in [3.8, 4) is 0 Å². The molecule has 7 heteroatoms. The van der Waals surface area contributed by atoms with Crippen LogP contribution in [-0.2, 0) is 0 Å². The molecule has 3 aromatic carbocycles. The van der Waals surface area contributed by atoms with Crippen LogP contribution in [0.25, 0.3) is 22.9 Å². The highest BCUT2D eigenvalue weighted by Gasteiger charge is 2.09. The third kappa shape index (κ3) is 4.74. The second-order valence-corrected chi connectivity index (χ2v) is 7.94. The predicted molar refractivity (Wildman–Crippen MR) is 132 cm³/mol. The summed E-state index contributed by atoms with van der Waals surface area (Å²) in [5, 5.41) is 2.06. The first kappa shape index (κ1) is 21.9. The van der Waals surface area contributed by atoms with Gasteiger partial charge < -0.3 is 9.97 Å². The molecule has 0 saturated carbocycles. The minimum absolute atomic E-state index is 0.0463. The molecule has 2 N–H and O–H groups in total. The van der Waals surface area contributed by atoms with Gasteiger partial charge in [-0.15, -0.1) is 0 Å². The summed E-state index contributed by atoms with van der Waals surface area (Å²) in [5.74, 6) is -0.709. The molecule has 0 fully saturated rings. The van der Waals surface area contributed by atoms with E-state index in [4.69, 9.17) is 0 Å². The number of H-pyrrole nitrogens is 2. The van der Waals surface area contributed by atoms with Crippen LogP contribution in [0.15, 0.2) is 94.6 Å². The zero-order valence-corrected chi connectivity index (χ0v) is 18.3. The number of hydrogen-bond acceptors (Lipinski definition) is 4. The van der Waals surface area contributed by atoms with Crippen LogP contribution in [-0.4, -0.2) is 20.7 Å². The highest BCUT2D eigenvalue weighted by Crippen LogP contribution is 2.14. The van der Waals surface area contributed by atoms with Crippen molar-refractivity contribution in [1.82, 2.24) is 15.0 Å². The summed E-state index contributed by atoms with van der Waals surface area (Å²) in [4.78, 5) is 47.6. The first-order valence-electron chi connectivity index (χ1n) is 10.8. The highest BCUT2D eigenvalue weighted by molar-refractivity contribution is 6.09. The van der Waals surface area contributed by atoms with Crippen LogP contribution in [0, 0.1) is 5.82 Å². The zero-order chi connectivity index (χ0) is 24.4. The van der Waals surface area contributed by atoms with Gasteiger partial charge in [-0.3, -0.25) is 19.4 Å². The summed E-state index contributed by atoms with van der Waals surface area (Å²) in [6.07, 6.45) is 4.70. The molecule has 0 aliphatic heterocycles. The second kappa shape index (κ2) is 9.15. The average Bonchev–Trinajstić information content (AvgIpc) is 2.87. The minimum Gasteiger partial charge on any atom is -0.316 e. The van der Waals surface area contributed by atoms with E-state index in [-0.39, 0.29) is 16.5 Å². The standard InChI is InChI=1S/C28H18FN3O3/c29-22-10-8-18(9-11-22)26(33)20-7-3-4-17(12-20)13-24-27(34)32-25(28(35)31-24)15-23-14-19-5-1-2-6-21(19)16-30-23/h1-16H,(H,31,35)(H,32,34). The van der Waals surface area contributed by atoms with Crippen LogP contribution < -0.4 is 21.8 Å². The lowest BCUT2D eigenvalue weighted by atomic mass is 10.0. The van der Waals surface area contributed by atoms with Crippen molar-refractivity contribution in [3.05, 3.63) is 145 Å². The number of rotatable bonds is 4. The Morgan fingerprint density at radius 2 is 1.43 bits per heavy atom.